The van der Waals surface area contributed by atoms with Crippen molar-refractivity contribution in [2.45, 2.75) is 207 Å². The average molecular weight is 1150 g/mol. The summed E-state index contributed by atoms with van der Waals surface area (Å²) in [6, 6.07) is -11.9. The number of aliphatic imine (C=N–C) groups is 1. The Morgan fingerprint density at radius 1 is 0.556 bits per heavy atom. The van der Waals surface area contributed by atoms with Crippen molar-refractivity contribution < 1.29 is 52.7 Å². The number of hydrogen-bond acceptors (Lipinski definition) is 15. The molecule has 1 rings (SSSR count). The van der Waals surface area contributed by atoms with Crippen molar-refractivity contribution in [1.29, 1.82) is 0 Å². The number of aromatic amines is 1. The molecule has 28 nitrogen and oxygen atoms in total. The minimum absolute atomic E-state index is 0.0376. The van der Waals surface area contributed by atoms with Crippen LogP contribution >= 0.6 is 0 Å². The maximum absolute atomic E-state index is 14.6. The average Bonchev–Trinajstić information content (AvgIpc) is 3.90. The maximum Gasteiger partial charge on any atom is 0.243 e. The Kier molecular flexibility index (Phi) is 33.4. The molecule has 1 aromatic rings. The molecule has 0 spiro atoms. The Morgan fingerprint density at radius 2 is 0.975 bits per heavy atom. The number of guanidine groups is 1. The van der Waals surface area contributed by atoms with Gasteiger partial charge in [0.2, 0.25) is 59.1 Å². The maximum atomic E-state index is 14.6. The number of carbonyl (C=O) groups excluding carboxylic acids is 11. The Morgan fingerprint density at radius 3 is 1.41 bits per heavy atom. The van der Waals surface area contributed by atoms with E-state index in [9.17, 15) is 52.7 Å². The van der Waals surface area contributed by atoms with E-state index in [4.69, 9.17) is 28.7 Å². The van der Waals surface area contributed by atoms with Crippen LogP contribution in [0.25, 0.3) is 0 Å². The third-order valence-electron chi connectivity index (χ3n) is 12.9. The van der Waals surface area contributed by atoms with Gasteiger partial charge in [-0.2, -0.15) is 0 Å². The molecular formula is C53H95N17O11. The lowest BCUT2D eigenvalue weighted by Crippen LogP contribution is -2.61. The van der Waals surface area contributed by atoms with Crippen LogP contribution in [0.4, 0.5) is 0 Å². The molecule has 0 radical (unpaired) electrons. The molecule has 0 fully saturated rings. The zero-order valence-corrected chi connectivity index (χ0v) is 49.0. The minimum atomic E-state index is -1.41. The molecule has 458 valence electrons. The van der Waals surface area contributed by atoms with E-state index in [-0.39, 0.29) is 88.0 Å². The number of aldehydes is 1. The number of hydrogen-bond donors (Lipinski definition) is 15. The summed E-state index contributed by atoms with van der Waals surface area (Å²) in [5.41, 5.74) is 28.4. The zero-order chi connectivity index (χ0) is 61.5. The monoisotopic (exact) mass is 1150 g/mol. The summed E-state index contributed by atoms with van der Waals surface area (Å²) in [6.07, 6.45) is 4.62. The van der Waals surface area contributed by atoms with E-state index in [2.05, 4.69) is 62.8 Å². The first-order valence-electron chi connectivity index (χ1n) is 28.0. The highest BCUT2D eigenvalue weighted by atomic mass is 16.2. The van der Waals surface area contributed by atoms with Crippen molar-refractivity contribution in [2.75, 3.05) is 13.1 Å². The molecular weight excluding hydrogens is 1050 g/mol. The largest absolute Gasteiger partial charge is 0.370 e. The van der Waals surface area contributed by atoms with Crippen LogP contribution in [0.15, 0.2) is 17.5 Å². The number of unbranched alkanes of at least 4 members (excludes halogenated alkanes) is 1. The van der Waals surface area contributed by atoms with E-state index in [0.717, 1.165) is 0 Å². The highest BCUT2D eigenvalue weighted by Crippen LogP contribution is 2.15. The van der Waals surface area contributed by atoms with E-state index in [1.54, 1.807) is 34.6 Å². The molecule has 11 atom stereocenters. The van der Waals surface area contributed by atoms with Crippen LogP contribution in [0.3, 0.4) is 0 Å². The van der Waals surface area contributed by atoms with Gasteiger partial charge in [-0.05, 0) is 102 Å². The molecule has 28 heteroatoms. The van der Waals surface area contributed by atoms with E-state index in [1.165, 1.54) is 26.4 Å². The summed E-state index contributed by atoms with van der Waals surface area (Å²) in [7, 11) is 0. The highest BCUT2D eigenvalue weighted by Gasteiger charge is 2.37. The van der Waals surface area contributed by atoms with Crippen molar-refractivity contribution in [3.8, 4) is 0 Å². The second-order valence-corrected chi connectivity index (χ2v) is 21.9. The molecule has 0 aromatic carbocycles. The van der Waals surface area contributed by atoms with Gasteiger partial charge in [-0.3, -0.25) is 52.9 Å². The van der Waals surface area contributed by atoms with Crippen molar-refractivity contribution in [1.82, 2.24) is 57.8 Å². The first kappa shape index (κ1) is 71.8. The summed E-state index contributed by atoms with van der Waals surface area (Å²) in [5.74, 6) is -8.64. The van der Waals surface area contributed by atoms with Gasteiger partial charge < -0.3 is 86.3 Å². The van der Waals surface area contributed by atoms with Gasteiger partial charge in [0, 0.05) is 31.3 Å². The normalized spacial score (nSPS) is 15.3. The van der Waals surface area contributed by atoms with Gasteiger partial charge in [-0.25, -0.2) is 4.98 Å². The molecule has 1 heterocycles. The lowest BCUT2D eigenvalue weighted by Gasteiger charge is -2.30. The molecule has 0 saturated carbocycles. The van der Waals surface area contributed by atoms with Gasteiger partial charge in [0.15, 0.2) is 5.96 Å². The van der Waals surface area contributed by atoms with Crippen LogP contribution in [0.1, 0.15) is 146 Å². The van der Waals surface area contributed by atoms with Crippen molar-refractivity contribution in [2.24, 2.45) is 57.3 Å². The molecule has 0 saturated heterocycles. The van der Waals surface area contributed by atoms with Crippen LogP contribution in [0.2, 0.25) is 0 Å². The number of rotatable bonds is 40. The number of carbonyl (C=O) groups is 11. The van der Waals surface area contributed by atoms with Gasteiger partial charge in [0.1, 0.15) is 54.6 Å². The second kappa shape index (κ2) is 37.7. The fourth-order valence-corrected chi connectivity index (χ4v) is 8.26. The summed E-state index contributed by atoms with van der Waals surface area (Å²) < 4.78 is 0. The lowest BCUT2D eigenvalue weighted by molar-refractivity contribution is -0.136. The van der Waals surface area contributed by atoms with Crippen LogP contribution in [-0.2, 0) is 59.2 Å². The number of imidazole rings is 1. The summed E-state index contributed by atoms with van der Waals surface area (Å²) >= 11 is 0. The third-order valence-corrected chi connectivity index (χ3v) is 12.9. The number of amides is 10. The molecule has 81 heavy (non-hydrogen) atoms. The highest BCUT2D eigenvalue weighted by molar-refractivity contribution is 5.98. The first-order valence-corrected chi connectivity index (χ1v) is 28.0. The van der Waals surface area contributed by atoms with Crippen molar-refractivity contribution >= 4 is 71.3 Å². The molecule has 20 N–H and O–H groups in total. The molecule has 0 aliphatic rings. The Labute approximate surface area is 475 Å². The number of aromatic nitrogens is 2. The van der Waals surface area contributed by atoms with Gasteiger partial charge in [0.25, 0.3) is 0 Å². The van der Waals surface area contributed by atoms with Crippen LogP contribution in [0, 0.1) is 23.7 Å². The van der Waals surface area contributed by atoms with Gasteiger partial charge in [-0.15, -0.1) is 0 Å². The minimum Gasteiger partial charge on any atom is -0.370 e. The number of nitrogens with one attached hydrogen (secondary N) is 10. The number of nitrogens with zero attached hydrogens (tertiary/aromatic N) is 2. The van der Waals surface area contributed by atoms with Crippen LogP contribution in [-0.4, -0.2) is 155 Å². The predicted molar refractivity (Wildman–Crippen MR) is 304 cm³/mol. The van der Waals surface area contributed by atoms with Crippen LogP contribution in [0.5, 0.6) is 0 Å². The van der Waals surface area contributed by atoms with Gasteiger partial charge in [-0.1, -0.05) is 61.8 Å². The van der Waals surface area contributed by atoms with E-state index < -0.39 is 125 Å². The lowest BCUT2D eigenvalue weighted by atomic mass is 9.96. The summed E-state index contributed by atoms with van der Waals surface area (Å²) in [5, 5.41) is 24.1. The Hall–Kier alpha value is -7.23. The van der Waals surface area contributed by atoms with E-state index >= 15 is 0 Å². The standard InChI is InChI=1S/C53H95N17O11/c1-11-31(8)43(70-47(76)35(15-12-13-19-54)63-44(73)33(10)55)52(81)69-40(23-30(6)7)50(79)68-41(24-34-25-59-27-61-34)51(80)64-36(16-14-20-60-53(57)58)46(75)66-39(22-29(4)5)49(78)67-38(21-28(2)3)48(77)65-37(17-18-42(56)72)45(74)62-32(9)26-71/h25-33,35-41,43H,11-24,54-55H2,1-10H3,(H2,56,72)(H,59,61)(H,62,74)(H,63,73)(H,64,80)(H,65,77)(H,66,75)(H,67,78)(H,68,79)(H,69,81)(H,70,76)(H4,57,58,60)/t31-,32-,33-,35-,36-,37-,38-,39-,40-,41-,43-/m0/s1. The fraction of sp³-hybridized carbons (Fsp3) is 0.717. The van der Waals surface area contributed by atoms with Gasteiger partial charge in [0.05, 0.1) is 18.4 Å². The van der Waals surface area contributed by atoms with E-state index in [0.29, 0.717) is 37.8 Å². The molecule has 10 amide bonds. The van der Waals surface area contributed by atoms with Gasteiger partial charge >= 0.3 is 0 Å². The molecule has 0 aliphatic carbocycles. The summed E-state index contributed by atoms with van der Waals surface area (Å²) in [6.45, 7) is 17.7. The quantitative estimate of drug-likeness (QED) is 0.0140. The molecule has 0 aliphatic heterocycles. The first-order chi connectivity index (χ1) is 38.0. The van der Waals surface area contributed by atoms with Crippen molar-refractivity contribution in [3.63, 3.8) is 0 Å². The second-order valence-electron chi connectivity index (χ2n) is 21.9. The number of nitrogens with two attached hydrogens (primary N) is 5. The predicted octanol–water partition coefficient (Wildman–Crippen LogP) is -2.49. The Balaban J connectivity index is 3.68. The van der Waals surface area contributed by atoms with Crippen LogP contribution < -0.4 is 76.5 Å². The molecule has 0 unspecified atom stereocenters. The summed E-state index contributed by atoms with van der Waals surface area (Å²) in [4.78, 5) is 159. The third kappa shape index (κ3) is 28.7. The Bertz CT molecular complexity index is 2220. The number of H-pyrrole nitrogens is 1. The SMILES string of the molecule is CC[C@H](C)[C@H](NC(=O)[C@H](CCCCN)NC(=O)[C@H](C)N)C(=O)N[C@@H](CC(C)C)C(=O)N[C@@H](Cc1cnc[nH]1)C(=O)N[C@@H](CCCN=C(N)N)C(=O)N[C@@H](CC(C)C)C(=O)N[C@@H](CC(C)C)C(=O)N[C@@H](CCC(N)=O)C(=O)N[C@@H](C)C=O. The van der Waals surface area contributed by atoms with Crippen molar-refractivity contribution in [3.05, 3.63) is 18.2 Å². The molecule has 0 bridgehead atoms. The fourth-order valence-electron chi connectivity index (χ4n) is 8.26. The topological polar surface area (TPSA) is 467 Å². The van der Waals surface area contributed by atoms with E-state index in [1.807, 2.05) is 20.8 Å². The zero-order valence-electron chi connectivity index (χ0n) is 49.0. The molecule has 1 aromatic heterocycles. The number of primary amides is 1. The smallest absolute Gasteiger partial charge is 0.243 e.